The fourth-order valence-corrected chi connectivity index (χ4v) is 2.82. The molecule has 0 saturated carbocycles. The van der Waals surface area contributed by atoms with Crippen LogP contribution < -0.4 is 5.32 Å². The van der Waals surface area contributed by atoms with E-state index >= 15 is 0 Å². The molecule has 0 fully saturated rings. The van der Waals surface area contributed by atoms with E-state index in [1.807, 2.05) is 11.8 Å². The number of nitrogens with one attached hydrogen (secondary N) is 1. The summed E-state index contributed by atoms with van der Waals surface area (Å²) in [5.41, 5.74) is 2.74. The van der Waals surface area contributed by atoms with Crippen molar-refractivity contribution in [2.24, 2.45) is 0 Å². The van der Waals surface area contributed by atoms with Gasteiger partial charge in [-0.05, 0) is 36.3 Å². The molecule has 0 saturated heterocycles. The lowest BCUT2D eigenvalue weighted by molar-refractivity contribution is 0.199. The van der Waals surface area contributed by atoms with E-state index in [0.29, 0.717) is 0 Å². The maximum atomic E-state index is 5.01. The second-order valence-corrected chi connectivity index (χ2v) is 5.61. The molecule has 0 aliphatic carbocycles. The van der Waals surface area contributed by atoms with E-state index in [2.05, 4.69) is 37.4 Å². The van der Waals surface area contributed by atoms with Crippen molar-refractivity contribution in [1.82, 2.24) is 5.32 Å². The van der Waals surface area contributed by atoms with Gasteiger partial charge in [0.15, 0.2) is 0 Å². The van der Waals surface area contributed by atoms with E-state index in [9.17, 15) is 0 Å². The van der Waals surface area contributed by atoms with Crippen LogP contribution in [0.1, 0.15) is 30.9 Å². The summed E-state index contributed by atoms with van der Waals surface area (Å²) in [5, 5.41) is 3.37. The molecule has 18 heavy (non-hydrogen) atoms. The quantitative estimate of drug-likeness (QED) is 0.545. The highest BCUT2D eigenvalue weighted by atomic mass is 32.2. The van der Waals surface area contributed by atoms with E-state index < -0.39 is 0 Å². The Hall–Kier alpha value is -0.510. The van der Waals surface area contributed by atoms with Crippen molar-refractivity contribution in [1.29, 1.82) is 0 Å². The van der Waals surface area contributed by atoms with Gasteiger partial charge >= 0.3 is 0 Å². The van der Waals surface area contributed by atoms with Crippen LogP contribution >= 0.6 is 11.8 Å². The number of ether oxygens (including phenoxy) is 1. The molecule has 1 N–H and O–H groups in total. The first kappa shape index (κ1) is 15.5. The lowest BCUT2D eigenvalue weighted by Gasteiger charge is -2.09. The van der Waals surface area contributed by atoms with Gasteiger partial charge < -0.3 is 10.1 Å². The molecule has 0 heterocycles. The minimum Gasteiger partial charge on any atom is -0.383 e. The average Bonchev–Trinajstić information content (AvgIpc) is 2.37. The fraction of sp³-hybridized carbons (Fsp3) is 0.600. The van der Waals surface area contributed by atoms with Crippen molar-refractivity contribution < 1.29 is 4.74 Å². The van der Waals surface area contributed by atoms with Crippen LogP contribution in [0.5, 0.6) is 0 Å². The zero-order chi connectivity index (χ0) is 13.2. The first-order valence-corrected chi connectivity index (χ1v) is 7.68. The zero-order valence-corrected chi connectivity index (χ0v) is 12.6. The zero-order valence-electron chi connectivity index (χ0n) is 11.8. The maximum Gasteiger partial charge on any atom is 0.0587 e. The van der Waals surface area contributed by atoms with Crippen LogP contribution in [0.2, 0.25) is 0 Å². The van der Waals surface area contributed by atoms with Gasteiger partial charge in [-0.3, -0.25) is 0 Å². The van der Waals surface area contributed by atoms with E-state index in [1.165, 1.54) is 34.6 Å². The number of unbranched alkanes of at least 4 members (excludes halogenated alkanes) is 1. The van der Waals surface area contributed by atoms with Crippen molar-refractivity contribution in [2.75, 3.05) is 26.0 Å². The lowest BCUT2D eigenvalue weighted by atomic mass is 10.1. The Bertz CT molecular complexity index is 341. The lowest BCUT2D eigenvalue weighted by Crippen LogP contribution is -2.18. The maximum absolute atomic E-state index is 5.01. The van der Waals surface area contributed by atoms with Crippen LogP contribution in [0.25, 0.3) is 0 Å². The number of methoxy groups -OCH3 is 1. The van der Waals surface area contributed by atoms with E-state index in [4.69, 9.17) is 4.74 Å². The molecule has 0 aliphatic heterocycles. The summed E-state index contributed by atoms with van der Waals surface area (Å²) < 4.78 is 5.01. The summed E-state index contributed by atoms with van der Waals surface area (Å²) in [4.78, 5) is 1.42. The standard InChI is InChI=1S/C15H25NOS/c1-4-5-10-18-15-7-6-14(11-13(15)2)12-16-8-9-17-3/h6-7,11,16H,4-5,8-10,12H2,1-3H3. The van der Waals surface area contributed by atoms with Crippen molar-refractivity contribution in [3.05, 3.63) is 29.3 Å². The van der Waals surface area contributed by atoms with E-state index in [0.717, 1.165) is 19.7 Å². The summed E-state index contributed by atoms with van der Waals surface area (Å²) in [5.74, 6) is 1.22. The summed E-state index contributed by atoms with van der Waals surface area (Å²) in [6.07, 6.45) is 2.57. The highest BCUT2D eigenvalue weighted by Crippen LogP contribution is 2.24. The predicted molar refractivity (Wildman–Crippen MR) is 80.4 cm³/mol. The number of thioether (sulfide) groups is 1. The van der Waals surface area contributed by atoms with Gasteiger partial charge in [-0.25, -0.2) is 0 Å². The highest BCUT2D eigenvalue weighted by molar-refractivity contribution is 7.99. The van der Waals surface area contributed by atoms with E-state index in [1.54, 1.807) is 7.11 Å². The van der Waals surface area contributed by atoms with Gasteiger partial charge in [0, 0.05) is 25.1 Å². The molecule has 102 valence electrons. The molecule has 0 unspecified atom stereocenters. The molecule has 0 spiro atoms. The SMILES string of the molecule is CCCCSc1ccc(CNCCOC)cc1C. The summed E-state index contributed by atoms with van der Waals surface area (Å²) in [7, 11) is 1.73. The molecule has 1 aromatic carbocycles. The summed E-state index contributed by atoms with van der Waals surface area (Å²) >= 11 is 1.97. The second-order valence-electron chi connectivity index (χ2n) is 4.47. The predicted octanol–water partition coefficient (Wildman–Crippen LogP) is 3.62. The Morgan fingerprint density at radius 3 is 2.83 bits per heavy atom. The van der Waals surface area contributed by atoms with Gasteiger partial charge in [-0.1, -0.05) is 25.5 Å². The topological polar surface area (TPSA) is 21.3 Å². The van der Waals surface area contributed by atoms with Crippen LogP contribution in [0.15, 0.2) is 23.1 Å². The van der Waals surface area contributed by atoms with Crippen molar-refractivity contribution >= 4 is 11.8 Å². The second kappa shape index (κ2) is 9.42. The minimum atomic E-state index is 0.768. The van der Waals surface area contributed by atoms with Gasteiger partial charge in [0.25, 0.3) is 0 Å². The molecule has 0 aromatic heterocycles. The molecular weight excluding hydrogens is 242 g/mol. The largest absolute Gasteiger partial charge is 0.383 e. The Morgan fingerprint density at radius 1 is 1.33 bits per heavy atom. The molecule has 1 aromatic rings. The van der Waals surface area contributed by atoms with Crippen molar-refractivity contribution in [3.63, 3.8) is 0 Å². The van der Waals surface area contributed by atoms with Gasteiger partial charge in [0.2, 0.25) is 0 Å². The van der Waals surface area contributed by atoms with Gasteiger partial charge in [-0.2, -0.15) is 0 Å². The smallest absolute Gasteiger partial charge is 0.0587 e. The van der Waals surface area contributed by atoms with Crippen molar-refractivity contribution in [3.8, 4) is 0 Å². The third kappa shape index (κ3) is 5.89. The molecule has 0 radical (unpaired) electrons. The monoisotopic (exact) mass is 267 g/mol. The molecule has 0 atom stereocenters. The number of hydrogen-bond acceptors (Lipinski definition) is 3. The number of hydrogen-bond donors (Lipinski definition) is 1. The minimum absolute atomic E-state index is 0.768. The first-order valence-electron chi connectivity index (χ1n) is 6.70. The Morgan fingerprint density at radius 2 is 2.17 bits per heavy atom. The number of aryl methyl sites for hydroxylation is 1. The van der Waals surface area contributed by atoms with Gasteiger partial charge in [0.05, 0.1) is 6.61 Å². The molecule has 2 nitrogen and oxygen atoms in total. The van der Waals surface area contributed by atoms with Gasteiger partial charge in [-0.15, -0.1) is 11.8 Å². The third-order valence-electron chi connectivity index (χ3n) is 2.81. The first-order chi connectivity index (χ1) is 8.77. The van der Waals surface area contributed by atoms with Crippen LogP contribution in [-0.2, 0) is 11.3 Å². The number of rotatable bonds is 9. The summed E-state index contributed by atoms with van der Waals surface area (Å²) in [6.45, 7) is 7.03. The summed E-state index contributed by atoms with van der Waals surface area (Å²) in [6, 6.07) is 6.76. The fourth-order valence-electron chi connectivity index (χ4n) is 1.72. The van der Waals surface area contributed by atoms with Crippen LogP contribution in [0.4, 0.5) is 0 Å². The van der Waals surface area contributed by atoms with Crippen LogP contribution in [-0.4, -0.2) is 26.0 Å². The molecule has 1 rings (SSSR count). The van der Waals surface area contributed by atoms with Crippen LogP contribution in [0, 0.1) is 6.92 Å². The van der Waals surface area contributed by atoms with Crippen LogP contribution in [0.3, 0.4) is 0 Å². The average molecular weight is 267 g/mol. The highest BCUT2D eigenvalue weighted by Gasteiger charge is 2.00. The Kier molecular flexibility index (Phi) is 8.14. The normalized spacial score (nSPS) is 10.8. The Labute approximate surface area is 116 Å². The molecular formula is C15H25NOS. The third-order valence-corrected chi connectivity index (χ3v) is 4.07. The molecule has 0 bridgehead atoms. The Balaban J connectivity index is 2.41. The van der Waals surface area contributed by atoms with Gasteiger partial charge in [0.1, 0.15) is 0 Å². The molecule has 0 amide bonds. The molecule has 0 aliphatic rings. The number of benzene rings is 1. The molecule has 3 heteroatoms. The van der Waals surface area contributed by atoms with Crippen molar-refractivity contribution in [2.45, 2.75) is 38.1 Å². The van der Waals surface area contributed by atoms with E-state index in [-0.39, 0.29) is 0 Å².